The second-order valence-corrected chi connectivity index (χ2v) is 9.22. The van der Waals surface area contributed by atoms with Gasteiger partial charge in [0.1, 0.15) is 5.75 Å². The number of aryl methyl sites for hydroxylation is 1. The maximum absolute atomic E-state index is 12.7. The van der Waals surface area contributed by atoms with Crippen LogP contribution < -0.4 is 4.74 Å². The highest BCUT2D eigenvalue weighted by molar-refractivity contribution is 6.01. The van der Waals surface area contributed by atoms with Crippen molar-refractivity contribution < 1.29 is 19.1 Å². The van der Waals surface area contributed by atoms with Crippen LogP contribution in [0.5, 0.6) is 5.75 Å². The lowest BCUT2D eigenvalue weighted by atomic mass is 10.0. The Labute approximate surface area is 215 Å². The third-order valence-electron chi connectivity index (χ3n) is 6.29. The van der Waals surface area contributed by atoms with E-state index in [4.69, 9.17) is 9.47 Å². The molecule has 0 aliphatic rings. The highest BCUT2D eigenvalue weighted by atomic mass is 16.5. The van der Waals surface area contributed by atoms with E-state index in [9.17, 15) is 9.59 Å². The Bertz CT molecular complexity index is 1080. The molecular formula is C32H38O4. The highest BCUT2D eigenvalue weighted by Gasteiger charge is 2.20. The number of carbonyl (C=O) groups is 2. The van der Waals surface area contributed by atoms with Gasteiger partial charge in [0, 0.05) is 5.56 Å². The van der Waals surface area contributed by atoms with Gasteiger partial charge in [-0.1, -0.05) is 88.1 Å². The monoisotopic (exact) mass is 486 g/mol. The Morgan fingerprint density at radius 1 is 0.694 bits per heavy atom. The minimum atomic E-state index is -0.854. The Morgan fingerprint density at radius 3 is 1.89 bits per heavy atom. The van der Waals surface area contributed by atoms with Crippen molar-refractivity contribution in [1.82, 2.24) is 0 Å². The summed E-state index contributed by atoms with van der Waals surface area (Å²) in [6.45, 7) is 6.71. The van der Waals surface area contributed by atoms with Crippen LogP contribution in [0, 0.1) is 0 Å². The molecule has 1 unspecified atom stereocenters. The van der Waals surface area contributed by atoms with Crippen molar-refractivity contribution in [2.75, 3.05) is 6.61 Å². The molecule has 0 aliphatic carbocycles. The fraction of sp³-hybridized carbons (Fsp3) is 0.375. The molecule has 3 rings (SSSR count). The fourth-order valence-corrected chi connectivity index (χ4v) is 3.99. The molecule has 0 saturated heterocycles. The van der Waals surface area contributed by atoms with E-state index in [2.05, 4.69) is 13.8 Å². The molecule has 0 aromatic heterocycles. The van der Waals surface area contributed by atoms with Crippen LogP contribution in [0.4, 0.5) is 0 Å². The molecule has 3 aromatic rings. The summed E-state index contributed by atoms with van der Waals surface area (Å²) < 4.78 is 11.3. The van der Waals surface area contributed by atoms with E-state index in [0.717, 1.165) is 49.2 Å². The average Bonchev–Trinajstić information content (AvgIpc) is 2.92. The predicted octanol–water partition coefficient (Wildman–Crippen LogP) is 8.08. The molecule has 3 aromatic carbocycles. The van der Waals surface area contributed by atoms with E-state index >= 15 is 0 Å². The van der Waals surface area contributed by atoms with Gasteiger partial charge < -0.3 is 9.47 Å². The van der Waals surface area contributed by atoms with E-state index in [1.807, 2.05) is 60.7 Å². The lowest BCUT2D eigenvalue weighted by Crippen LogP contribution is -2.24. The Morgan fingerprint density at radius 2 is 1.28 bits per heavy atom. The van der Waals surface area contributed by atoms with Gasteiger partial charge in [0.05, 0.1) is 12.2 Å². The van der Waals surface area contributed by atoms with Gasteiger partial charge in [0.15, 0.2) is 6.10 Å². The number of ether oxygens (including phenoxy) is 2. The number of hydrogen-bond acceptors (Lipinski definition) is 4. The van der Waals surface area contributed by atoms with Gasteiger partial charge >= 0.3 is 5.97 Å². The molecule has 190 valence electrons. The van der Waals surface area contributed by atoms with E-state index < -0.39 is 12.1 Å². The van der Waals surface area contributed by atoms with Crippen LogP contribution in [0.1, 0.15) is 85.6 Å². The van der Waals surface area contributed by atoms with Gasteiger partial charge in [0.25, 0.3) is 0 Å². The molecule has 0 heterocycles. The van der Waals surface area contributed by atoms with Crippen molar-refractivity contribution in [3.63, 3.8) is 0 Å². The Hall–Kier alpha value is -3.40. The van der Waals surface area contributed by atoms with Gasteiger partial charge in [0.2, 0.25) is 5.78 Å². The number of Topliss-reactive ketones (excluding diaryl/α,β-unsaturated/α-hetero) is 1. The van der Waals surface area contributed by atoms with Gasteiger partial charge in [-0.05, 0) is 67.1 Å². The highest BCUT2D eigenvalue weighted by Crippen LogP contribution is 2.23. The summed E-state index contributed by atoms with van der Waals surface area (Å²) in [6.07, 6.45) is 7.14. The zero-order valence-corrected chi connectivity index (χ0v) is 21.8. The van der Waals surface area contributed by atoms with Crippen LogP contribution in [0.3, 0.4) is 0 Å². The molecule has 0 saturated carbocycles. The molecular weight excluding hydrogens is 448 g/mol. The molecule has 0 aliphatic heterocycles. The van der Waals surface area contributed by atoms with Crippen molar-refractivity contribution in [3.8, 4) is 16.9 Å². The molecule has 0 radical (unpaired) electrons. The normalized spacial score (nSPS) is 11.6. The lowest BCUT2D eigenvalue weighted by molar-refractivity contribution is 0.0319. The lowest BCUT2D eigenvalue weighted by Gasteiger charge is -2.13. The molecule has 0 spiro atoms. The molecule has 1 atom stereocenters. The minimum Gasteiger partial charge on any atom is -0.494 e. The standard InChI is InChI=1S/C32H38O4/c1-4-6-8-9-23-35-30-21-19-27(20-22-30)26-15-17-29(18-16-26)32(34)36-24(3)31(33)28-13-11-25(12-14-28)10-7-5-2/h11-22,24H,4-10,23H2,1-3H3. The van der Waals surface area contributed by atoms with Crippen molar-refractivity contribution >= 4 is 11.8 Å². The van der Waals surface area contributed by atoms with Gasteiger partial charge in [-0.25, -0.2) is 4.79 Å². The molecule has 0 amide bonds. The summed E-state index contributed by atoms with van der Waals surface area (Å²) in [5.41, 5.74) is 4.22. The number of unbranched alkanes of at least 4 members (excludes halogenated alkanes) is 4. The SMILES string of the molecule is CCCCCCOc1ccc(-c2ccc(C(=O)OC(C)C(=O)c3ccc(CCCC)cc3)cc2)cc1. The Balaban J connectivity index is 1.52. The first-order valence-electron chi connectivity index (χ1n) is 13.2. The fourth-order valence-electron chi connectivity index (χ4n) is 3.99. The maximum atomic E-state index is 12.7. The Kier molecular flexibility index (Phi) is 10.7. The van der Waals surface area contributed by atoms with Gasteiger partial charge in [-0.3, -0.25) is 4.79 Å². The van der Waals surface area contributed by atoms with E-state index in [1.165, 1.54) is 24.8 Å². The topological polar surface area (TPSA) is 52.6 Å². The number of hydrogen-bond donors (Lipinski definition) is 0. The number of benzene rings is 3. The van der Waals surface area contributed by atoms with Crippen LogP contribution in [0.15, 0.2) is 72.8 Å². The second kappa shape index (κ2) is 14.2. The van der Waals surface area contributed by atoms with E-state index in [-0.39, 0.29) is 5.78 Å². The summed E-state index contributed by atoms with van der Waals surface area (Å²) in [5, 5.41) is 0. The quantitative estimate of drug-likeness (QED) is 0.131. The molecule has 0 fully saturated rings. The summed E-state index contributed by atoms with van der Waals surface area (Å²) in [7, 11) is 0. The van der Waals surface area contributed by atoms with Crippen molar-refractivity contribution in [1.29, 1.82) is 0 Å². The predicted molar refractivity (Wildman–Crippen MR) is 146 cm³/mol. The van der Waals surface area contributed by atoms with E-state index in [1.54, 1.807) is 19.1 Å². The minimum absolute atomic E-state index is 0.199. The number of esters is 1. The molecule has 4 nitrogen and oxygen atoms in total. The largest absolute Gasteiger partial charge is 0.494 e. The van der Waals surface area contributed by atoms with Crippen LogP contribution in [-0.4, -0.2) is 24.5 Å². The van der Waals surface area contributed by atoms with E-state index in [0.29, 0.717) is 11.1 Å². The van der Waals surface area contributed by atoms with Crippen LogP contribution in [-0.2, 0) is 11.2 Å². The third kappa shape index (κ3) is 8.08. The zero-order valence-electron chi connectivity index (χ0n) is 21.8. The molecule has 36 heavy (non-hydrogen) atoms. The third-order valence-corrected chi connectivity index (χ3v) is 6.29. The molecule has 0 N–H and O–H groups in total. The summed E-state index contributed by atoms with van der Waals surface area (Å²) in [4.78, 5) is 25.4. The number of ketones is 1. The maximum Gasteiger partial charge on any atom is 0.338 e. The van der Waals surface area contributed by atoms with Gasteiger partial charge in [-0.2, -0.15) is 0 Å². The summed E-state index contributed by atoms with van der Waals surface area (Å²) >= 11 is 0. The average molecular weight is 487 g/mol. The smallest absolute Gasteiger partial charge is 0.338 e. The zero-order chi connectivity index (χ0) is 25.8. The second-order valence-electron chi connectivity index (χ2n) is 9.22. The van der Waals surface area contributed by atoms with Crippen LogP contribution in [0.25, 0.3) is 11.1 Å². The van der Waals surface area contributed by atoms with Crippen LogP contribution >= 0.6 is 0 Å². The first kappa shape index (κ1) is 27.2. The van der Waals surface area contributed by atoms with Crippen molar-refractivity contribution in [3.05, 3.63) is 89.5 Å². The van der Waals surface area contributed by atoms with Gasteiger partial charge in [-0.15, -0.1) is 0 Å². The van der Waals surface area contributed by atoms with Crippen molar-refractivity contribution in [2.45, 2.75) is 71.8 Å². The first-order chi connectivity index (χ1) is 17.5. The van der Waals surface area contributed by atoms with Crippen molar-refractivity contribution in [2.24, 2.45) is 0 Å². The summed E-state index contributed by atoms with van der Waals surface area (Å²) in [5.74, 6) is 0.160. The number of rotatable bonds is 14. The molecule has 4 heteroatoms. The number of carbonyl (C=O) groups excluding carboxylic acids is 2. The first-order valence-corrected chi connectivity index (χ1v) is 13.2. The summed E-state index contributed by atoms with van der Waals surface area (Å²) in [6, 6.07) is 22.8. The van der Waals surface area contributed by atoms with Crippen LogP contribution in [0.2, 0.25) is 0 Å². The molecule has 0 bridgehead atoms.